The first-order valence-corrected chi connectivity index (χ1v) is 8.18. The molecule has 1 N–H and O–H groups in total. The highest BCUT2D eigenvalue weighted by Gasteiger charge is 2.12. The van der Waals surface area contributed by atoms with Gasteiger partial charge < -0.3 is 19.2 Å². The van der Waals surface area contributed by atoms with Crippen LogP contribution in [0.25, 0.3) is 11.5 Å². The van der Waals surface area contributed by atoms with E-state index in [1.165, 1.54) is 26.4 Å². The van der Waals surface area contributed by atoms with E-state index in [1.54, 1.807) is 30.3 Å². The summed E-state index contributed by atoms with van der Waals surface area (Å²) in [4.78, 5) is 12.3. The zero-order valence-electron chi connectivity index (χ0n) is 14.9. The van der Waals surface area contributed by atoms with E-state index >= 15 is 0 Å². The molecule has 8 heteroatoms. The lowest BCUT2D eigenvalue weighted by atomic mass is 10.2. The van der Waals surface area contributed by atoms with Crippen LogP contribution in [0.3, 0.4) is 0 Å². The van der Waals surface area contributed by atoms with Crippen molar-refractivity contribution in [3.63, 3.8) is 0 Å². The number of benzene rings is 2. The lowest BCUT2D eigenvalue weighted by Gasteiger charge is -2.08. The number of halogens is 1. The fourth-order valence-corrected chi connectivity index (χ4v) is 2.39. The van der Waals surface area contributed by atoms with Crippen LogP contribution < -0.4 is 14.8 Å². The highest BCUT2D eigenvalue weighted by molar-refractivity contribution is 5.95. The van der Waals surface area contributed by atoms with Crippen molar-refractivity contribution in [1.29, 1.82) is 0 Å². The minimum Gasteiger partial charge on any atom is -0.497 e. The number of ether oxygens (including phenoxy) is 2. The molecule has 3 aromatic rings. The number of hydrogen-bond acceptors (Lipinski definition) is 6. The average molecular weight is 371 g/mol. The molecule has 0 bridgehead atoms. The quantitative estimate of drug-likeness (QED) is 0.687. The summed E-state index contributed by atoms with van der Waals surface area (Å²) in [6, 6.07) is 10.7. The molecule has 1 amide bonds. The van der Waals surface area contributed by atoms with Crippen molar-refractivity contribution in [3.8, 4) is 23.0 Å². The molecule has 0 saturated heterocycles. The summed E-state index contributed by atoms with van der Waals surface area (Å²) in [5.74, 6) is 1.12. The van der Waals surface area contributed by atoms with Gasteiger partial charge in [-0.15, -0.1) is 10.2 Å². The van der Waals surface area contributed by atoms with Gasteiger partial charge in [0.1, 0.15) is 17.3 Å². The maximum Gasteiger partial charge on any atom is 0.251 e. The lowest BCUT2D eigenvalue weighted by molar-refractivity contribution is 0.0953. The minimum atomic E-state index is -0.338. The second kappa shape index (κ2) is 8.31. The van der Waals surface area contributed by atoms with Crippen molar-refractivity contribution < 1.29 is 23.1 Å². The zero-order valence-corrected chi connectivity index (χ0v) is 14.9. The molecular formula is C19H18FN3O4. The van der Waals surface area contributed by atoms with Crippen molar-refractivity contribution in [2.24, 2.45) is 0 Å². The van der Waals surface area contributed by atoms with Crippen molar-refractivity contribution >= 4 is 5.91 Å². The number of nitrogens with zero attached hydrogens (tertiary/aromatic N) is 2. The Hall–Kier alpha value is -3.42. The van der Waals surface area contributed by atoms with Gasteiger partial charge in [0, 0.05) is 30.2 Å². The van der Waals surface area contributed by atoms with Gasteiger partial charge in [-0.05, 0) is 36.4 Å². The summed E-state index contributed by atoms with van der Waals surface area (Å²) in [7, 11) is 3.04. The Balaban J connectivity index is 1.58. The number of methoxy groups -OCH3 is 2. The summed E-state index contributed by atoms with van der Waals surface area (Å²) in [6.45, 7) is 0.309. The molecule has 140 valence electrons. The number of carbonyl (C=O) groups is 1. The van der Waals surface area contributed by atoms with Crippen LogP contribution in [-0.2, 0) is 6.42 Å². The zero-order chi connectivity index (χ0) is 19.2. The molecule has 0 spiro atoms. The van der Waals surface area contributed by atoms with Crippen LogP contribution in [0.1, 0.15) is 16.2 Å². The topological polar surface area (TPSA) is 86.5 Å². The van der Waals surface area contributed by atoms with Gasteiger partial charge in [0.25, 0.3) is 5.91 Å². The van der Waals surface area contributed by atoms with Gasteiger partial charge in [-0.3, -0.25) is 4.79 Å². The Labute approximate surface area is 155 Å². The van der Waals surface area contributed by atoms with Gasteiger partial charge in [0.15, 0.2) is 0 Å². The first-order valence-electron chi connectivity index (χ1n) is 8.18. The fraction of sp³-hybridized carbons (Fsp3) is 0.211. The third-order valence-electron chi connectivity index (χ3n) is 3.80. The Morgan fingerprint density at radius 1 is 1.07 bits per heavy atom. The molecule has 0 aliphatic heterocycles. The molecule has 3 rings (SSSR count). The summed E-state index contributed by atoms with van der Waals surface area (Å²) in [5.41, 5.74) is 1.05. The molecule has 0 radical (unpaired) electrons. The molecule has 2 aromatic carbocycles. The monoisotopic (exact) mass is 371 g/mol. The van der Waals surface area contributed by atoms with Gasteiger partial charge in [-0.2, -0.15) is 0 Å². The van der Waals surface area contributed by atoms with Crippen LogP contribution in [0.4, 0.5) is 4.39 Å². The van der Waals surface area contributed by atoms with Gasteiger partial charge in [0.05, 0.1) is 14.2 Å². The van der Waals surface area contributed by atoms with Crippen LogP contribution in [-0.4, -0.2) is 36.9 Å². The van der Waals surface area contributed by atoms with Gasteiger partial charge in [-0.1, -0.05) is 0 Å². The maximum atomic E-state index is 13.0. The first-order chi connectivity index (χ1) is 13.1. The Morgan fingerprint density at radius 3 is 2.37 bits per heavy atom. The van der Waals surface area contributed by atoms with E-state index in [0.29, 0.717) is 47.4 Å². The van der Waals surface area contributed by atoms with Crippen molar-refractivity contribution in [2.45, 2.75) is 6.42 Å². The molecule has 1 aromatic heterocycles. The number of aromatic nitrogens is 2. The van der Waals surface area contributed by atoms with Gasteiger partial charge >= 0.3 is 0 Å². The molecule has 1 heterocycles. The molecule has 0 saturated carbocycles. The van der Waals surface area contributed by atoms with Gasteiger partial charge in [0.2, 0.25) is 11.8 Å². The summed E-state index contributed by atoms with van der Waals surface area (Å²) in [5, 5.41) is 10.6. The molecule has 0 unspecified atom stereocenters. The lowest BCUT2D eigenvalue weighted by Crippen LogP contribution is -2.25. The number of amides is 1. The molecule has 7 nitrogen and oxygen atoms in total. The molecule has 0 aliphatic carbocycles. The van der Waals surface area contributed by atoms with E-state index in [2.05, 4.69) is 15.5 Å². The predicted molar refractivity (Wildman–Crippen MR) is 95.3 cm³/mol. The highest BCUT2D eigenvalue weighted by atomic mass is 19.1. The van der Waals surface area contributed by atoms with Crippen LogP contribution in [0.5, 0.6) is 11.5 Å². The maximum absolute atomic E-state index is 13.0. The molecular weight excluding hydrogens is 353 g/mol. The van der Waals surface area contributed by atoms with E-state index in [4.69, 9.17) is 13.9 Å². The van der Waals surface area contributed by atoms with Crippen molar-refractivity contribution in [3.05, 3.63) is 59.7 Å². The van der Waals surface area contributed by atoms with Crippen LogP contribution >= 0.6 is 0 Å². The third kappa shape index (κ3) is 4.60. The SMILES string of the molecule is COc1cc(OC)cc(C(=O)NCCc2nnc(-c3ccc(F)cc3)o2)c1. The minimum absolute atomic E-state index is 0.273. The third-order valence-corrected chi connectivity index (χ3v) is 3.80. The highest BCUT2D eigenvalue weighted by Crippen LogP contribution is 2.22. The van der Waals surface area contributed by atoms with E-state index in [0.717, 1.165) is 0 Å². The summed E-state index contributed by atoms with van der Waals surface area (Å²) in [6.07, 6.45) is 0.362. The predicted octanol–water partition coefficient (Wildman–Crippen LogP) is 2.87. The van der Waals surface area contributed by atoms with Crippen LogP contribution in [0.2, 0.25) is 0 Å². The number of hydrogen-bond donors (Lipinski definition) is 1. The normalized spacial score (nSPS) is 10.5. The Morgan fingerprint density at radius 2 is 1.74 bits per heavy atom. The largest absolute Gasteiger partial charge is 0.497 e. The summed E-state index contributed by atoms with van der Waals surface area (Å²) >= 11 is 0. The van der Waals surface area contributed by atoms with Crippen LogP contribution in [0, 0.1) is 5.82 Å². The number of nitrogens with one attached hydrogen (secondary N) is 1. The second-order valence-corrected chi connectivity index (χ2v) is 5.62. The standard InChI is InChI=1S/C19H18FN3O4/c1-25-15-9-13(10-16(11-15)26-2)18(24)21-8-7-17-22-23-19(27-17)12-3-5-14(20)6-4-12/h3-6,9-11H,7-8H2,1-2H3,(H,21,24). The Kier molecular flexibility index (Phi) is 5.65. The fourth-order valence-electron chi connectivity index (χ4n) is 2.39. The molecule has 27 heavy (non-hydrogen) atoms. The first kappa shape index (κ1) is 18.4. The molecule has 0 fully saturated rings. The van der Waals surface area contributed by atoms with Crippen molar-refractivity contribution in [1.82, 2.24) is 15.5 Å². The van der Waals surface area contributed by atoms with E-state index in [-0.39, 0.29) is 11.7 Å². The second-order valence-electron chi connectivity index (χ2n) is 5.62. The van der Waals surface area contributed by atoms with E-state index < -0.39 is 0 Å². The summed E-state index contributed by atoms with van der Waals surface area (Å²) < 4.78 is 28.8. The van der Waals surface area contributed by atoms with Crippen LogP contribution in [0.15, 0.2) is 46.9 Å². The smallest absolute Gasteiger partial charge is 0.251 e. The average Bonchev–Trinajstić information content (AvgIpc) is 3.16. The van der Waals surface area contributed by atoms with E-state index in [9.17, 15) is 9.18 Å². The van der Waals surface area contributed by atoms with Gasteiger partial charge in [-0.25, -0.2) is 4.39 Å². The number of rotatable bonds is 7. The molecule has 0 atom stereocenters. The molecule has 0 aliphatic rings. The van der Waals surface area contributed by atoms with E-state index in [1.807, 2.05) is 0 Å². The Bertz CT molecular complexity index is 903. The number of carbonyl (C=O) groups excluding carboxylic acids is 1. The van der Waals surface area contributed by atoms with Crippen molar-refractivity contribution in [2.75, 3.05) is 20.8 Å².